The number of aryl methyl sites for hydroxylation is 3. The summed E-state index contributed by atoms with van der Waals surface area (Å²) in [7, 11) is 0. The number of nitrogens with one attached hydrogen (secondary N) is 1. The molecule has 3 nitrogen and oxygen atoms in total. The van der Waals surface area contributed by atoms with Gasteiger partial charge in [-0.1, -0.05) is 91.3 Å². The van der Waals surface area contributed by atoms with Crippen molar-refractivity contribution in [2.75, 3.05) is 19.7 Å². The summed E-state index contributed by atoms with van der Waals surface area (Å²) >= 11 is 0. The van der Waals surface area contributed by atoms with Gasteiger partial charge < -0.3 is 10.1 Å². The van der Waals surface area contributed by atoms with Crippen molar-refractivity contribution in [3.8, 4) is 16.9 Å². The third-order valence-corrected chi connectivity index (χ3v) is 7.81. The van der Waals surface area contributed by atoms with Crippen molar-refractivity contribution >= 4 is 0 Å². The number of hydrogen-bond acceptors (Lipinski definition) is 3. The smallest absolute Gasteiger partial charge is 0.123 e. The second kappa shape index (κ2) is 24.2. The number of piperidine rings is 1. The molecule has 46 heavy (non-hydrogen) atoms. The number of allylic oxidation sites excluding steroid dienone is 1. The van der Waals surface area contributed by atoms with Crippen LogP contribution in [-0.4, -0.2) is 24.7 Å². The molecule has 1 N–H and O–H groups in total. The van der Waals surface area contributed by atoms with Crippen molar-refractivity contribution in [2.45, 2.75) is 120 Å². The average Bonchev–Trinajstić information content (AvgIpc) is 3.06. The van der Waals surface area contributed by atoms with E-state index in [-0.39, 0.29) is 5.82 Å². The van der Waals surface area contributed by atoms with Gasteiger partial charge in [0.1, 0.15) is 11.6 Å². The second-order valence-electron chi connectivity index (χ2n) is 12.3. The largest absolute Gasteiger partial charge is 0.494 e. The predicted molar refractivity (Wildman–Crippen MR) is 200 cm³/mol. The Balaban J connectivity index is 0.000000473. The Labute approximate surface area is 282 Å². The number of aromatic nitrogens is 1. The van der Waals surface area contributed by atoms with E-state index < -0.39 is 0 Å². The van der Waals surface area contributed by atoms with Gasteiger partial charge in [-0.2, -0.15) is 0 Å². The minimum absolute atomic E-state index is 0.0836. The van der Waals surface area contributed by atoms with Gasteiger partial charge >= 0.3 is 0 Å². The van der Waals surface area contributed by atoms with Gasteiger partial charge in [-0.05, 0) is 131 Å². The minimum atomic E-state index is -0.0836. The lowest BCUT2D eigenvalue weighted by molar-refractivity contribution is 0.340. The molecule has 0 aliphatic carbocycles. The molecule has 1 aliphatic rings. The van der Waals surface area contributed by atoms with E-state index in [1.165, 1.54) is 36.1 Å². The topological polar surface area (TPSA) is 34.1 Å². The zero-order chi connectivity index (χ0) is 34.3. The van der Waals surface area contributed by atoms with Crippen LogP contribution in [0.2, 0.25) is 0 Å². The molecule has 0 unspecified atom stereocenters. The summed E-state index contributed by atoms with van der Waals surface area (Å²) in [5.41, 5.74) is 8.24. The molecule has 1 saturated heterocycles. The molecule has 0 radical (unpaired) electrons. The summed E-state index contributed by atoms with van der Waals surface area (Å²) in [5.74, 6) is 2.33. The monoisotopic (exact) mass is 633 g/mol. The van der Waals surface area contributed by atoms with Gasteiger partial charge in [0.15, 0.2) is 0 Å². The van der Waals surface area contributed by atoms with Gasteiger partial charge in [0, 0.05) is 23.4 Å². The fourth-order valence-corrected chi connectivity index (χ4v) is 5.57. The maximum absolute atomic E-state index is 13.3. The van der Waals surface area contributed by atoms with E-state index in [9.17, 15) is 4.39 Å². The predicted octanol–water partition coefficient (Wildman–Crippen LogP) is 11.6. The Morgan fingerprint density at radius 2 is 1.54 bits per heavy atom. The maximum atomic E-state index is 13.3. The van der Waals surface area contributed by atoms with Crippen molar-refractivity contribution in [1.29, 1.82) is 0 Å². The van der Waals surface area contributed by atoms with Crippen molar-refractivity contribution in [3.05, 3.63) is 95.1 Å². The Morgan fingerprint density at radius 1 is 0.913 bits per heavy atom. The normalized spacial score (nSPS) is 12.6. The molecule has 1 fully saturated rings. The number of rotatable bonds is 13. The van der Waals surface area contributed by atoms with Crippen LogP contribution in [0.4, 0.5) is 4.39 Å². The fourth-order valence-electron chi connectivity index (χ4n) is 5.57. The molecule has 0 spiro atoms. The van der Waals surface area contributed by atoms with E-state index in [4.69, 9.17) is 9.72 Å². The molecule has 0 bridgehead atoms. The first-order chi connectivity index (χ1) is 22.3. The molecule has 2 heterocycles. The van der Waals surface area contributed by atoms with Crippen LogP contribution < -0.4 is 10.1 Å². The molecule has 1 aliphatic heterocycles. The number of hydrogen-bond donors (Lipinski definition) is 1. The first kappa shape index (κ1) is 41.0. The summed E-state index contributed by atoms with van der Waals surface area (Å²) in [4.78, 5) is 5.02. The van der Waals surface area contributed by atoms with Gasteiger partial charge in [0.05, 0.1) is 6.61 Å². The molecule has 3 aromatic rings. The Kier molecular flexibility index (Phi) is 21.6. The first-order valence-electron chi connectivity index (χ1n) is 18.1. The summed E-state index contributed by atoms with van der Waals surface area (Å²) in [6.07, 6.45) is 9.85. The van der Waals surface area contributed by atoms with Crippen LogP contribution in [0.5, 0.6) is 5.75 Å². The van der Waals surface area contributed by atoms with Crippen LogP contribution in [0.15, 0.2) is 66.7 Å². The average molecular weight is 633 g/mol. The van der Waals surface area contributed by atoms with Gasteiger partial charge in [0.2, 0.25) is 0 Å². The van der Waals surface area contributed by atoms with E-state index in [1.807, 2.05) is 34.6 Å². The van der Waals surface area contributed by atoms with E-state index in [0.29, 0.717) is 12.5 Å². The van der Waals surface area contributed by atoms with E-state index in [2.05, 4.69) is 82.1 Å². The Morgan fingerprint density at radius 3 is 2.11 bits per heavy atom. The number of halogens is 1. The van der Waals surface area contributed by atoms with E-state index >= 15 is 0 Å². The number of nitrogens with zero attached hydrogens (tertiary/aromatic N) is 1. The lowest BCUT2D eigenvalue weighted by Gasteiger charge is -2.23. The van der Waals surface area contributed by atoms with Gasteiger partial charge in [-0.25, -0.2) is 4.39 Å². The third-order valence-electron chi connectivity index (χ3n) is 7.81. The fraction of sp³-hybridized carbons (Fsp3) is 0.548. The first-order valence-corrected chi connectivity index (χ1v) is 18.1. The van der Waals surface area contributed by atoms with Gasteiger partial charge in [-0.3, -0.25) is 4.98 Å². The Bertz CT molecular complexity index is 1230. The second-order valence-corrected chi connectivity index (χ2v) is 12.3. The highest BCUT2D eigenvalue weighted by Crippen LogP contribution is 2.28. The quantitative estimate of drug-likeness (QED) is 0.190. The molecule has 4 rings (SSSR count). The van der Waals surface area contributed by atoms with Crippen LogP contribution in [0.3, 0.4) is 0 Å². The van der Waals surface area contributed by atoms with Crippen molar-refractivity contribution in [3.63, 3.8) is 0 Å². The SMILES string of the molecule is C=C(C)Cc1ccc(-c2ccc(OCC)cc2)c(CCC2CCNCC2)n1.CC.CC.CCCc1cc(F)cc(CCC(C)C)c1. The maximum Gasteiger partial charge on any atom is 0.123 e. The molecule has 0 saturated carbocycles. The molecule has 4 heteroatoms. The van der Waals surface area contributed by atoms with Crippen molar-refractivity contribution in [2.24, 2.45) is 11.8 Å². The zero-order valence-corrected chi connectivity index (χ0v) is 30.8. The van der Waals surface area contributed by atoms with Crippen molar-refractivity contribution < 1.29 is 9.13 Å². The van der Waals surface area contributed by atoms with Gasteiger partial charge in [-0.15, -0.1) is 0 Å². The highest BCUT2D eigenvalue weighted by molar-refractivity contribution is 5.67. The summed E-state index contributed by atoms with van der Waals surface area (Å²) < 4.78 is 18.9. The molecule has 256 valence electrons. The van der Waals surface area contributed by atoms with Gasteiger partial charge in [0.25, 0.3) is 0 Å². The van der Waals surface area contributed by atoms with Crippen LogP contribution in [-0.2, 0) is 25.7 Å². The zero-order valence-electron chi connectivity index (χ0n) is 30.8. The molecule has 2 aromatic carbocycles. The molecule has 1 aromatic heterocycles. The van der Waals surface area contributed by atoms with Crippen LogP contribution in [0, 0.1) is 17.7 Å². The standard InChI is InChI=1S/C24H32N2O.C14H21F.2C2H6/c1-4-27-22-9-6-20(7-10-22)23-11-8-21(17-18(2)3)26-24(23)12-5-19-13-15-25-16-14-19;1-4-5-12-8-13(7-6-11(2)3)10-14(15)9-12;2*1-2/h6-11,19,25H,2,4-5,12-17H2,1,3H3;8-11H,4-7H2,1-3H3;2*1-2H3. The summed E-state index contributed by atoms with van der Waals surface area (Å²) in [6.45, 7) is 25.6. The lowest BCUT2D eigenvalue weighted by Crippen LogP contribution is -2.28. The number of benzene rings is 2. The highest BCUT2D eigenvalue weighted by atomic mass is 19.1. The minimum Gasteiger partial charge on any atom is -0.494 e. The highest BCUT2D eigenvalue weighted by Gasteiger charge is 2.16. The lowest BCUT2D eigenvalue weighted by atomic mass is 9.90. The number of ether oxygens (including phenoxy) is 1. The summed E-state index contributed by atoms with van der Waals surface area (Å²) in [5, 5.41) is 3.46. The Hall–Kier alpha value is -2.98. The van der Waals surface area contributed by atoms with E-state index in [0.717, 1.165) is 85.7 Å². The molecule has 0 amide bonds. The summed E-state index contributed by atoms with van der Waals surface area (Å²) in [6, 6.07) is 18.3. The van der Waals surface area contributed by atoms with Crippen molar-refractivity contribution in [1.82, 2.24) is 10.3 Å². The number of pyridine rings is 1. The molecular weight excluding hydrogens is 567 g/mol. The van der Waals surface area contributed by atoms with Crippen LogP contribution >= 0.6 is 0 Å². The molecular formula is C42H65FN2O. The molecule has 0 atom stereocenters. The third kappa shape index (κ3) is 16.0. The van der Waals surface area contributed by atoms with E-state index in [1.54, 1.807) is 12.1 Å². The van der Waals surface area contributed by atoms with Crippen LogP contribution in [0.1, 0.15) is 117 Å². The van der Waals surface area contributed by atoms with Crippen LogP contribution in [0.25, 0.3) is 11.1 Å².